The molecule has 0 unspecified atom stereocenters. The molecule has 4 atom stereocenters. The third-order valence-corrected chi connectivity index (χ3v) is 7.59. The van der Waals surface area contributed by atoms with Crippen LogP contribution in [0.2, 0.25) is 0 Å². The monoisotopic (exact) mass is 608 g/mol. The van der Waals surface area contributed by atoms with Crippen molar-refractivity contribution < 1.29 is 38.8 Å². The first-order valence-corrected chi connectivity index (χ1v) is 14.1. The molecule has 13 heteroatoms. The fourth-order valence-electron chi connectivity index (χ4n) is 5.29. The van der Waals surface area contributed by atoms with Crippen LogP contribution in [0.15, 0.2) is 63.6 Å². The van der Waals surface area contributed by atoms with Crippen molar-refractivity contribution in [2.75, 3.05) is 13.7 Å². The van der Waals surface area contributed by atoms with Gasteiger partial charge in [-0.15, -0.1) is 0 Å². The van der Waals surface area contributed by atoms with Crippen LogP contribution in [0.5, 0.6) is 11.5 Å². The lowest BCUT2D eigenvalue weighted by molar-refractivity contribution is -0.306. The van der Waals surface area contributed by atoms with Crippen LogP contribution in [0, 0.1) is 6.92 Å². The lowest BCUT2D eigenvalue weighted by Crippen LogP contribution is -2.63. The molecule has 1 aliphatic rings. The number of pyridine rings is 1. The summed E-state index contributed by atoms with van der Waals surface area (Å²) in [6, 6.07) is 6.87. The zero-order chi connectivity index (χ0) is 31.6. The minimum Gasteiger partial charge on any atom is -0.506 e. The minimum absolute atomic E-state index is 0.0910. The van der Waals surface area contributed by atoms with Crippen molar-refractivity contribution in [3.8, 4) is 22.8 Å². The molecule has 0 radical (unpaired) electrons. The second-order valence-electron chi connectivity index (χ2n) is 11.1. The molecule has 1 aromatic carbocycles. The average Bonchev–Trinajstić information content (AvgIpc) is 3.47. The van der Waals surface area contributed by atoms with Gasteiger partial charge in [0.1, 0.15) is 47.6 Å². The van der Waals surface area contributed by atoms with Crippen LogP contribution in [-0.2, 0) is 20.9 Å². The number of hydrogen-bond acceptors (Lipinski definition) is 12. The van der Waals surface area contributed by atoms with Crippen LogP contribution < -0.4 is 10.4 Å². The number of oxime groups is 1. The summed E-state index contributed by atoms with van der Waals surface area (Å²) in [5.74, 6) is -0.0829. The number of fused-ring (bicyclic) bond motifs is 1. The van der Waals surface area contributed by atoms with Crippen LogP contribution in [0.1, 0.15) is 38.3 Å². The maximum Gasteiger partial charge on any atom is 0.349 e. The number of rotatable bonds is 10. The summed E-state index contributed by atoms with van der Waals surface area (Å²) in [5.41, 5.74) is 0.479. The fraction of sp³-hybridized carbons (Fsp3) is 0.419. The lowest BCUT2D eigenvalue weighted by Gasteiger charge is -2.46. The van der Waals surface area contributed by atoms with Gasteiger partial charge in [0.2, 0.25) is 6.29 Å². The van der Waals surface area contributed by atoms with Crippen molar-refractivity contribution in [2.24, 2.45) is 5.16 Å². The Hall–Kier alpha value is -4.30. The third-order valence-electron chi connectivity index (χ3n) is 7.59. The molecule has 3 aromatic heterocycles. The lowest BCUT2D eigenvalue weighted by atomic mass is 9.89. The summed E-state index contributed by atoms with van der Waals surface area (Å²) >= 11 is 0. The molecule has 5 rings (SSSR count). The van der Waals surface area contributed by atoms with E-state index in [1.165, 1.54) is 13.2 Å². The Balaban J connectivity index is 1.26. The maximum atomic E-state index is 13.0. The van der Waals surface area contributed by atoms with Gasteiger partial charge in [0.05, 0.1) is 28.7 Å². The van der Waals surface area contributed by atoms with Crippen LogP contribution in [-0.4, -0.2) is 79.5 Å². The van der Waals surface area contributed by atoms with Gasteiger partial charge < -0.3 is 43.4 Å². The number of hydrogen-bond donors (Lipinski definition) is 3. The highest BCUT2D eigenvalue weighted by molar-refractivity contribution is 6.04. The zero-order valence-electron chi connectivity index (χ0n) is 25.1. The Labute approximate surface area is 253 Å². The van der Waals surface area contributed by atoms with Crippen molar-refractivity contribution in [1.29, 1.82) is 0 Å². The molecule has 1 fully saturated rings. The Morgan fingerprint density at radius 2 is 2.00 bits per heavy atom. The molecule has 0 amide bonds. The molecule has 0 aliphatic carbocycles. The van der Waals surface area contributed by atoms with Gasteiger partial charge in [-0.25, -0.2) is 9.78 Å². The largest absolute Gasteiger partial charge is 0.506 e. The van der Waals surface area contributed by atoms with E-state index in [0.717, 1.165) is 11.3 Å². The van der Waals surface area contributed by atoms with Crippen molar-refractivity contribution in [2.45, 2.75) is 70.9 Å². The van der Waals surface area contributed by atoms with E-state index in [2.05, 4.69) is 15.1 Å². The Kier molecular flexibility index (Phi) is 9.02. The Bertz CT molecular complexity index is 1700. The first-order chi connectivity index (χ1) is 21.0. The van der Waals surface area contributed by atoms with Gasteiger partial charge in [0.15, 0.2) is 0 Å². The summed E-state index contributed by atoms with van der Waals surface area (Å²) < 4.78 is 24.6. The van der Waals surface area contributed by atoms with Crippen LogP contribution in [0.4, 0.5) is 0 Å². The second-order valence-corrected chi connectivity index (χ2v) is 11.1. The Morgan fingerprint density at radius 1 is 1.20 bits per heavy atom. The van der Waals surface area contributed by atoms with E-state index in [9.17, 15) is 20.1 Å². The number of benzene rings is 1. The molecule has 3 N–H and O–H groups in total. The summed E-state index contributed by atoms with van der Waals surface area (Å²) in [6.07, 6.45) is 3.06. The molecule has 1 saturated heterocycles. The van der Waals surface area contributed by atoms with E-state index < -0.39 is 35.8 Å². The smallest absolute Gasteiger partial charge is 0.349 e. The predicted octanol–water partition coefficient (Wildman–Crippen LogP) is 3.15. The number of methoxy groups -OCH3 is 1. The number of aliphatic hydroxyl groups excluding tert-OH is 2. The van der Waals surface area contributed by atoms with Gasteiger partial charge in [-0.3, -0.25) is 4.98 Å². The Morgan fingerprint density at radius 3 is 2.73 bits per heavy atom. The highest BCUT2D eigenvalue weighted by atomic mass is 16.7. The average molecular weight is 609 g/mol. The molecule has 1 aliphatic heterocycles. The second kappa shape index (κ2) is 12.7. The molecule has 4 heterocycles. The first-order valence-electron chi connectivity index (χ1n) is 14.1. The predicted molar refractivity (Wildman–Crippen MR) is 160 cm³/mol. The molecule has 0 saturated carbocycles. The van der Waals surface area contributed by atoms with Gasteiger partial charge in [0, 0.05) is 49.8 Å². The highest BCUT2D eigenvalue weighted by Gasteiger charge is 2.50. The van der Waals surface area contributed by atoms with E-state index in [1.807, 2.05) is 22.9 Å². The number of aryl methyl sites for hydroxylation is 2. The molecule has 234 valence electrons. The van der Waals surface area contributed by atoms with Crippen molar-refractivity contribution in [3.63, 3.8) is 0 Å². The molecule has 0 spiro atoms. The van der Waals surface area contributed by atoms with E-state index in [-0.39, 0.29) is 40.4 Å². The van der Waals surface area contributed by atoms with Gasteiger partial charge in [0.25, 0.3) is 0 Å². The van der Waals surface area contributed by atoms with Crippen molar-refractivity contribution in [3.05, 3.63) is 70.7 Å². The normalized spacial score (nSPS) is 21.8. The molecule has 4 aromatic rings. The standard InChI is InChI=1S/C31H36N4O9/c1-17-22(42-30-26(38)25(37)28(40-5)31(3,4)44-30)10-9-20-24(36)23(29(39)43-27(17)20)18(2)34-41-13-7-12-35-15-21(33-16-35)19-8-6-11-32-14-19/h6,8-11,14-16,25-26,28,30,36-38H,7,12-13H2,1-5H3/b34-18+/t25-,26+,28+,30+/m0/s1. The van der Waals surface area contributed by atoms with Gasteiger partial charge in [-0.1, -0.05) is 5.16 Å². The molecular formula is C31H36N4O9. The number of ether oxygens (including phenoxy) is 3. The molecular weight excluding hydrogens is 572 g/mol. The van der Waals surface area contributed by atoms with Crippen LogP contribution >= 0.6 is 0 Å². The molecule has 0 bridgehead atoms. The highest BCUT2D eigenvalue weighted by Crippen LogP contribution is 2.37. The van der Waals surface area contributed by atoms with Crippen LogP contribution in [0.25, 0.3) is 22.2 Å². The quantitative estimate of drug-likeness (QED) is 0.105. The minimum atomic E-state index is -1.41. The fourth-order valence-corrected chi connectivity index (χ4v) is 5.29. The first kappa shape index (κ1) is 31.1. The molecule has 44 heavy (non-hydrogen) atoms. The van der Waals surface area contributed by atoms with E-state index in [0.29, 0.717) is 18.5 Å². The number of nitrogens with zero attached hydrogens (tertiary/aromatic N) is 4. The summed E-state index contributed by atoms with van der Waals surface area (Å²) in [7, 11) is 1.42. The maximum absolute atomic E-state index is 13.0. The van der Waals surface area contributed by atoms with Crippen LogP contribution in [0.3, 0.4) is 0 Å². The SMILES string of the molecule is CO[C@@H]1[C@@H](O)[C@@H](O)[C@H](Oc2ccc3c(O)c(/C(C)=N/OCCCn4cnc(-c5cccnc5)c4)c(=O)oc3c2C)OC1(C)C. The number of aliphatic hydroxyl groups is 2. The van der Waals surface area contributed by atoms with E-state index >= 15 is 0 Å². The van der Waals surface area contributed by atoms with Gasteiger partial charge >= 0.3 is 5.63 Å². The van der Waals surface area contributed by atoms with E-state index in [1.54, 1.807) is 52.5 Å². The van der Waals surface area contributed by atoms with E-state index in [4.69, 9.17) is 23.5 Å². The van der Waals surface area contributed by atoms with Gasteiger partial charge in [-0.05, 0) is 52.0 Å². The summed E-state index contributed by atoms with van der Waals surface area (Å²) in [5, 5.41) is 36.5. The summed E-state index contributed by atoms with van der Waals surface area (Å²) in [4.78, 5) is 26.9. The molecule has 13 nitrogen and oxygen atoms in total. The zero-order valence-corrected chi connectivity index (χ0v) is 25.1. The third kappa shape index (κ3) is 6.17. The van der Waals surface area contributed by atoms with Crippen molar-refractivity contribution in [1.82, 2.24) is 14.5 Å². The number of aromatic hydroxyl groups is 1. The topological polar surface area (TPSA) is 171 Å². The number of aromatic nitrogens is 3. The van der Waals surface area contributed by atoms with Crippen molar-refractivity contribution >= 4 is 16.7 Å². The van der Waals surface area contributed by atoms with Gasteiger partial charge in [-0.2, -0.15) is 0 Å². The number of imidazole rings is 1. The summed E-state index contributed by atoms with van der Waals surface area (Å²) in [6.45, 7) is 7.51.